The van der Waals surface area contributed by atoms with Gasteiger partial charge in [0, 0.05) is 17.3 Å². The van der Waals surface area contributed by atoms with E-state index in [0.717, 1.165) is 22.6 Å². The van der Waals surface area contributed by atoms with Crippen molar-refractivity contribution < 1.29 is 9.53 Å². The second-order valence-corrected chi connectivity index (χ2v) is 5.25. The van der Waals surface area contributed by atoms with E-state index in [0.29, 0.717) is 11.6 Å². The summed E-state index contributed by atoms with van der Waals surface area (Å²) in [5.74, 6) is -0.467. The first-order valence-electron chi connectivity index (χ1n) is 5.78. The predicted molar refractivity (Wildman–Crippen MR) is 72.2 cm³/mol. The van der Waals surface area contributed by atoms with Gasteiger partial charge in [0.15, 0.2) is 0 Å². The molecule has 102 valence electrons. The molecular weight excluding hydrogens is 276 g/mol. The minimum absolute atomic E-state index is 0.0309. The van der Waals surface area contributed by atoms with E-state index in [2.05, 4.69) is 0 Å². The molecule has 1 rings (SSSR count). The van der Waals surface area contributed by atoms with Crippen LogP contribution in [0.3, 0.4) is 0 Å². The van der Waals surface area contributed by atoms with Crippen LogP contribution in [0.15, 0.2) is 4.79 Å². The molecule has 1 unspecified atom stereocenters. The summed E-state index contributed by atoms with van der Waals surface area (Å²) < 4.78 is 6.01. The van der Waals surface area contributed by atoms with Crippen molar-refractivity contribution in [2.45, 2.75) is 39.3 Å². The number of rotatable bonds is 6. The van der Waals surface area contributed by atoms with Crippen LogP contribution < -0.4 is 10.6 Å². The number of ether oxygens (including phenoxy) is 1. The van der Waals surface area contributed by atoms with Crippen LogP contribution in [0.2, 0.25) is 5.15 Å². The molecule has 1 aromatic rings. The number of hydrogen-bond acceptors (Lipinski definition) is 5. The van der Waals surface area contributed by atoms with Crippen LogP contribution in [0.4, 0.5) is 0 Å². The van der Waals surface area contributed by atoms with Crippen molar-refractivity contribution in [2.75, 3.05) is 6.61 Å². The molecule has 5 nitrogen and oxygen atoms in total. The maximum absolute atomic E-state index is 11.7. The molecule has 0 aliphatic rings. The van der Waals surface area contributed by atoms with Crippen LogP contribution >= 0.6 is 22.9 Å². The Hall–Kier alpha value is -0.850. The van der Waals surface area contributed by atoms with Crippen molar-refractivity contribution in [3.05, 3.63) is 19.7 Å². The third-order valence-electron chi connectivity index (χ3n) is 2.46. The van der Waals surface area contributed by atoms with Gasteiger partial charge in [0.2, 0.25) is 0 Å². The summed E-state index contributed by atoms with van der Waals surface area (Å²) in [6.45, 7) is 3.81. The van der Waals surface area contributed by atoms with E-state index in [1.54, 1.807) is 6.92 Å². The Labute approximate surface area is 115 Å². The van der Waals surface area contributed by atoms with Gasteiger partial charge in [-0.2, -0.15) is 0 Å². The monoisotopic (exact) mass is 292 g/mol. The number of hydrogen-bond donors (Lipinski definition) is 1. The van der Waals surface area contributed by atoms with Gasteiger partial charge in [0.1, 0.15) is 11.7 Å². The van der Waals surface area contributed by atoms with E-state index < -0.39 is 5.97 Å². The van der Waals surface area contributed by atoms with Crippen molar-refractivity contribution in [1.82, 2.24) is 4.57 Å². The Morgan fingerprint density at radius 1 is 1.56 bits per heavy atom. The molecule has 0 bridgehead atoms. The average Bonchev–Trinajstić information content (AvgIpc) is 2.57. The third-order valence-corrected chi connectivity index (χ3v) is 4.01. The summed E-state index contributed by atoms with van der Waals surface area (Å²) >= 11 is 7.12. The molecule has 0 radical (unpaired) electrons. The standard InChI is InChI=1S/C11H17ClN2O3S/c1-3-7(13)5-8-10(12)14(11(16)18-8)6-9(15)17-4-2/h7H,3-6,13H2,1-2H3. The lowest BCUT2D eigenvalue weighted by molar-refractivity contribution is -0.143. The van der Waals surface area contributed by atoms with E-state index >= 15 is 0 Å². The SMILES string of the molecule is CCOC(=O)Cn1c(Cl)c(CC(N)CC)sc1=O. The van der Waals surface area contributed by atoms with Crippen LogP contribution in [-0.4, -0.2) is 23.2 Å². The normalized spacial score (nSPS) is 12.4. The zero-order valence-corrected chi connectivity index (χ0v) is 12.0. The summed E-state index contributed by atoms with van der Waals surface area (Å²) in [5, 5.41) is 0.293. The van der Waals surface area contributed by atoms with Gasteiger partial charge >= 0.3 is 10.8 Å². The second kappa shape index (κ2) is 6.92. The summed E-state index contributed by atoms with van der Waals surface area (Å²) in [6.07, 6.45) is 1.35. The highest BCUT2D eigenvalue weighted by Crippen LogP contribution is 2.20. The van der Waals surface area contributed by atoms with Gasteiger partial charge in [-0.1, -0.05) is 29.9 Å². The molecule has 0 saturated carbocycles. The molecule has 2 N–H and O–H groups in total. The van der Waals surface area contributed by atoms with Gasteiger partial charge in [-0.3, -0.25) is 14.2 Å². The smallest absolute Gasteiger partial charge is 0.326 e. The molecule has 0 aliphatic heterocycles. The Kier molecular flexibility index (Phi) is 5.84. The van der Waals surface area contributed by atoms with Crippen molar-refractivity contribution in [2.24, 2.45) is 5.73 Å². The Morgan fingerprint density at radius 3 is 2.78 bits per heavy atom. The third kappa shape index (κ3) is 3.83. The van der Waals surface area contributed by atoms with E-state index in [9.17, 15) is 9.59 Å². The summed E-state index contributed by atoms with van der Waals surface area (Å²) in [6, 6.07) is -0.0309. The first-order chi connectivity index (χ1) is 8.49. The van der Waals surface area contributed by atoms with Gasteiger partial charge < -0.3 is 10.5 Å². The molecule has 0 fully saturated rings. The molecule has 18 heavy (non-hydrogen) atoms. The summed E-state index contributed by atoms with van der Waals surface area (Å²) in [5.41, 5.74) is 5.83. The number of nitrogens with zero attached hydrogens (tertiary/aromatic N) is 1. The minimum atomic E-state index is -0.467. The lowest BCUT2D eigenvalue weighted by Gasteiger charge is -2.07. The summed E-state index contributed by atoms with van der Waals surface area (Å²) in [4.78, 5) is 23.5. The first-order valence-corrected chi connectivity index (χ1v) is 6.98. The lowest BCUT2D eigenvalue weighted by atomic mass is 10.1. The Bertz CT molecular complexity index is 469. The first kappa shape index (κ1) is 15.2. The van der Waals surface area contributed by atoms with Crippen LogP contribution in [0.1, 0.15) is 25.1 Å². The number of aromatic nitrogens is 1. The number of esters is 1. The quantitative estimate of drug-likeness (QED) is 0.805. The van der Waals surface area contributed by atoms with Crippen LogP contribution in [0.5, 0.6) is 0 Å². The highest BCUT2D eigenvalue weighted by atomic mass is 35.5. The minimum Gasteiger partial charge on any atom is -0.465 e. The predicted octanol–water partition coefficient (Wildman–Crippen LogP) is 1.41. The maximum Gasteiger partial charge on any atom is 0.326 e. The Morgan fingerprint density at radius 2 is 2.22 bits per heavy atom. The molecule has 0 aromatic carbocycles. The molecule has 0 aliphatic carbocycles. The zero-order chi connectivity index (χ0) is 13.7. The molecule has 1 atom stereocenters. The fraction of sp³-hybridized carbons (Fsp3) is 0.636. The highest BCUT2D eigenvalue weighted by molar-refractivity contribution is 7.09. The van der Waals surface area contributed by atoms with Gasteiger partial charge in [0.25, 0.3) is 0 Å². The molecule has 1 heterocycles. The summed E-state index contributed by atoms with van der Waals surface area (Å²) in [7, 11) is 0. The number of carbonyl (C=O) groups excluding carboxylic acids is 1. The van der Waals surface area contributed by atoms with E-state index in [4.69, 9.17) is 22.1 Å². The van der Waals surface area contributed by atoms with E-state index in [-0.39, 0.29) is 24.1 Å². The van der Waals surface area contributed by atoms with E-state index in [1.165, 1.54) is 4.57 Å². The highest BCUT2D eigenvalue weighted by Gasteiger charge is 2.17. The number of carbonyl (C=O) groups is 1. The fourth-order valence-electron chi connectivity index (χ4n) is 1.41. The molecule has 7 heteroatoms. The second-order valence-electron chi connectivity index (χ2n) is 3.85. The van der Waals surface area contributed by atoms with E-state index in [1.807, 2.05) is 6.92 Å². The zero-order valence-electron chi connectivity index (χ0n) is 10.4. The van der Waals surface area contributed by atoms with Crippen LogP contribution in [0.25, 0.3) is 0 Å². The van der Waals surface area contributed by atoms with Crippen molar-refractivity contribution in [3.63, 3.8) is 0 Å². The number of nitrogens with two attached hydrogens (primary N) is 1. The van der Waals surface area contributed by atoms with Crippen molar-refractivity contribution >= 4 is 28.9 Å². The molecule has 0 spiro atoms. The number of halogens is 1. The van der Waals surface area contributed by atoms with Crippen LogP contribution in [-0.2, 0) is 22.5 Å². The van der Waals surface area contributed by atoms with Crippen molar-refractivity contribution in [1.29, 1.82) is 0 Å². The van der Waals surface area contributed by atoms with Gasteiger partial charge in [-0.15, -0.1) is 0 Å². The Balaban J connectivity index is 2.87. The topological polar surface area (TPSA) is 74.3 Å². The lowest BCUT2D eigenvalue weighted by Crippen LogP contribution is -2.22. The maximum atomic E-state index is 11.7. The van der Waals surface area contributed by atoms with Crippen LogP contribution in [0, 0.1) is 0 Å². The molecular formula is C11H17ClN2O3S. The van der Waals surface area contributed by atoms with Crippen molar-refractivity contribution in [3.8, 4) is 0 Å². The molecule has 0 amide bonds. The average molecular weight is 293 g/mol. The molecule has 0 saturated heterocycles. The molecule has 1 aromatic heterocycles. The number of thiazole rings is 1. The van der Waals surface area contributed by atoms with Gasteiger partial charge in [-0.25, -0.2) is 0 Å². The van der Waals surface area contributed by atoms with Gasteiger partial charge in [0.05, 0.1) is 6.61 Å². The van der Waals surface area contributed by atoms with Gasteiger partial charge in [-0.05, 0) is 13.3 Å². The largest absolute Gasteiger partial charge is 0.465 e. The fourth-order valence-corrected chi connectivity index (χ4v) is 2.76.